The van der Waals surface area contributed by atoms with Crippen LogP contribution in [0, 0.1) is 17.8 Å². The zero-order valence-electron chi connectivity index (χ0n) is 10.7. The van der Waals surface area contributed by atoms with Gasteiger partial charge in [0, 0.05) is 5.41 Å². The summed E-state index contributed by atoms with van der Waals surface area (Å²) in [7, 11) is 0. The molecule has 2 bridgehead atoms. The van der Waals surface area contributed by atoms with Crippen LogP contribution in [0.2, 0.25) is 0 Å². The molecule has 2 heteroatoms. The maximum absolute atomic E-state index is 9.63. The van der Waals surface area contributed by atoms with Gasteiger partial charge in [-0.2, -0.15) is 0 Å². The monoisotopic (exact) mass is 243 g/mol. The van der Waals surface area contributed by atoms with Gasteiger partial charge in [0.2, 0.25) is 0 Å². The molecule has 0 amide bonds. The summed E-state index contributed by atoms with van der Waals surface area (Å²) in [5.74, 6) is 2.96. The third-order valence-electron chi connectivity index (χ3n) is 6.10. The number of fused-ring (bicyclic) bond motifs is 5. The molecule has 18 heavy (non-hydrogen) atoms. The molecule has 3 aliphatic rings. The average Bonchev–Trinajstić information content (AvgIpc) is 3.02. The Morgan fingerprint density at radius 1 is 1.22 bits per heavy atom. The van der Waals surface area contributed by atoms with E-state index in [1.807, 2.05) is 6.07 Å². The fourth-order valence-corrected chi connectivity index (χ4v) is 5.51. The first-order chi connectivity index (χ1) is 8.72. The van der Waals surface area contributed by atoms with E-state index in [2.05, 4.69) is 6.07 Å². The van der Waals surface area contributed by atoms with Gasteiger partial charge < -0.3 is 10.8 Å². The Morgan fingerprint density at radius 2 is 2.11 bits per heavy atom. The van der Waals surface area contributed by atoms with Gasteiger partial charge in [0.05, 0.1) is 5.69 Å². The minimum atomic E-state index is 0.229. The van der Waals surface area contributed by atoms with Crippen molar-refractivity contribution in [3.8, 4) is 5.75 Å². The van der Waals surface area contributed by atoms with E-state index in [9.17, 15) is 5.11 Å². The van der Waals surface area contributed by atoms with E-state index >= 15 is 0 Å². The van der Waals surface area contributed by atoms with Gasteiger partial charge in [0.1, 0.15) is 5.75 Å². The van der Waals surface area contributed by atoms with E-state index in [4.69, 9.17) is 5.73 Å². The molecule has 2 nitrogen and oxygen atoms in total. The number of benzene rings is 1. The molecular weight excluding hydrogens is 222 g/mol. The molecule has 1 aromatic rings. The topological polar surface area (TPSA) is 46.2 Å². The number of hydrogen-bond donors (Lipinski definition) is 2. The van der Waals surface area contributed by atoms with E-state index in [1.165, 1.54) is 44.1 Å². The highest BCUT2D eigenvalue weighted by Gasteiger charge is 2.60. The standard InChI is InChI=1S/C16H21NO/c17-14-9-12(5-6-15(14)18)16-7-1-2-13(16)10-3-4-11(16)8-10/h5-6,9-11,13,18H,1-4,7-8,17H2. The number of phenols is 1. The largest absolute Gasteiger partial charge is 0.506 e. The molecular formula is C16H21NO. The zero-order chi connectivity index (χ0) is 12.3. The number of rotatable bonds is 1. The van der Waals surface area contributed by atoms with E-state index in [0.717, 1.165) is 17.8 Å². The number of nitrogens with two attached hydrogens (primary N) is 1. The molecule has 0 heterocycles. The van der Waals surface area contributed by atoms with Gasteiger partial charge in [0.15, 0.2) is 0 Å². The summed E-state index contributed by atoms with van der Waals surface area (Å²) in [6.45, 7) is 0. The van der Waals surface area contributed by atoms with Crippen molar-refractivity contribution in [2.24, 2.45) is 17.8 Å². The second-order valence-corrected chi connectivity index (χ2v) is 6.58. The molecule has 3 N–H and O–H groups in total. The number of nitrogen functional groups attached to an aromatic ring is 1. The van der Waals surface area contributed by atoms with E-state index in [0.29, 0.717) is 11.1 Å². The van der Waals surface area contributed by atoms with Crippen molar-refractivity contribution in [1.29, 1.82) is 0 Å². The summed E-state index contributed by atoms with van der Waals surface area (Å²) < 4.78 is 0. The Labute approximate surface area is 108 Å². The van der Waals surface area contributed by atoms with Crippen LogP contribution in [0.1, 0.15) is 44.1 Å². The number of hydrogen-bond acceptors (Lipinski definition) is 2. The minimum absolute atomic E-state index is 0.229. The summed E-state index contributed by atoms with van der Waals surface area (Å²) >= 11 is 0. The lowest BCUT2D eigenvalue weighted by atomic mass is 9.64. The molecule has 4 rings (SSSR count). The highest BCUT2D eigenvalue weighted by Crippen LogP contribution is 2.67. The van der Waals surface area contributed by atoms with Gasteiger partial charge in [-0.15, -0.1) is 0 Å². The molecule has 3 saturated carbocycles. The highest BCUT2D eigenvalue weighted by molar-refractivity contribution is 5.55. The third kappa shape index (κ3) is 1.14. The van der Waals surface area contributed by atoms with Crippen LogP contribution in [-0.4, -0.2) is 5.11 Å². The number of phenolic OH excluding ortho intramolecular Hbond substituents is 1. The van der Waals surface area contributed by atoms with Gasteiger partial charge in [-0.05, 0) is 67.6 Å². The molecule has 1 aromatic carbocycles. The van der Waals surface area contributed by atoms with Crippen molar-refractivity contribution in [1.82, 2.24) is 0 Å². The molecule has 0 aliphatic heterocycles. The molecule has 0 aromatic heterocycles. The van der Waals surface area contributed by atoms with E-state index in [1.54, 1.807) is 6.07 Å². The predicted molar refractivity (Wildman–Crippen MR) is 72.4 cm³/mol. The maximum atomic E-state index is 9.63. The minimum Gasteiger partial charge on any atom is -0.506 e. The fourth-order valence-electron chi connectivity index (χ4n) is 5.51. The van der Waals surface area contributed by atoms with E-state index < -0.39 is 0 Å². The molecule has 0 spiro atoms. The molecule has 0 radical (unpaired) electrons. The normalized spacial score (nSPS) is 41.2. The van der Waals surface area contributed by atoms with Crippen LogP contribution in [0.5, 0.6) is 5.75 Å². The maximum Gasteiger partial charge on any atom is 0.138 e. The first kappa shape index (κ1) is 10.7. The smallest absolute Gasteiger partial charge is 0.138 e. The molecule has 96 valence electrons. The molecule has 4 unspecified atom stereocenters. The Kier molecular flexibility index (Phi) is 2.04. The SMILES string of the molecule is Nc1cc(C23CCCC2C2CCC3C2)ccc1O. The second-order valence-electron chi connectivity index (χ2n) is 6.58. The summed E-state index contributed by atoms with van der Waals surface area (Å²) in [6, 6.07) is 5.97. The predicted octanol–water partition coefficient (Wildman–Crippen LogP) is 3.44. The second kappa shape index (κ2) is 3.43. The summed E-state index contributed by atoms with van der Waals surface area (Å²) in [5.41, 5.74) is 8.28. The highest BCUT2D eigenvalue weighted by atomic mass is 16.3. The van der Waals surface area contributed by atoms with Crippen LogP contribution in [0.25, 0.3) is 0 Å². The van der Waals surface area contributed by atoms with Crippen molar-refractivity contribution < 1.29 is 5.11 Å². The zero-order valence-corrected chi connectivity index (χ0v) is 10.7. The first-order valence-electron chi connectivity index (χ1n) is 7.31. The van der Waals surface area contributed by atoms with Gasteiger partial charge in [-0.1, -0.05) is 12.5 Å². The lowest BCUT2D eigenvalue weighted by Crippen LogP contribution is -2.36. The van der Waals surface area contributed by atoms with E-state index in [-0.39, 0.29) is 5.75 Å². The van der Waals surface area contributed by atoms with Gasteiger partial charge >= 0.3 is 0 Å². The van der Waals surface area contributed by atoms with Gasteiger partial charge in [-0.3, -0.25) is 0 Å². The lowest BCUT2D eigenvalue weighted by Gasteiger charge is -2.40. The summed E-state index contributed by atoms with van der Waals surface area (Å²) in [5, 5.41) is 9.63. The number of anilines is 1. The van der Waals surface area contributed by atoms with Gasteiger partial charge in [-0.25, -0.2) is 0 Å². The van der Waals surface area contributed by atoms with Gasteiger partial charge in [0.25, 0.3) is 0 Å². The molecule has 3 aliphatic carbocycles. The third-order valence-corrected chi connectivity index (χ3v) is 6.10. The van der Waals surface area contributed by atoms with Crippen molar-refractivity contribution in [2.45, 2.75) is 43.9 Å². The first-order valence-corrected chi connectivity index (χ1v) is 7.31. The van der Waals surface area contributed by atoms with Crippen LogP contribution < -0.4 is 5.73 Å². The van der Waals surface area contributed by atoms with Crippen LogP contribution in [0.4, 0.5) is 5.69 Å². The Bertz CT molecular complexity index is 498. The quantitative estimate of drug-likeness (QED) is 0.586. The summed E-state index contributed by atoms with van der Waals surface area (Å²) in [6.07, 6.45) is 8.40. The van der Waals surface area contributed by atoms with Crippen molar-refractivity contribution in [3.05, 3.63) is 23.8 Å². The van der Waals surface area contributed by atoms with Crippen LogP contribution in [-0.2, 0) is 5.41 Å². The lowest BCUT2D eigenvalue weighted by molar-refractivity contribution is 0.204. The van der Waals surface area contributed by atoms with Crippen molar-refractivity contribution >= 4 is 5.69 Å². The Hall–Kier alpha value is -1.18. The number of aromatic hydroxyl groups is 1. The van der Waals surface area contributed by atoms with Crippen molar-refractivity contribution in [3.63, 3.8) is 0 Å². The van der Waals surface area contributed by atoms with Crippen LogP contribution in [0.3, 0.4) is 0 Å². The van der Waals surface area contributed by atoms with Crippen molar-refractivity contribution in [2.75, 3.05) is 5.73 Å². The fraction of sp³-hybridized carbons (Fsp3) is 0.625. The Balaban J connectivity index is 1.84. The van der Waals surface area contributed by atoms with Crippen LogP contribution >= 0.6 is 0 Å². The van der Waals surface area contributed by atoms with Crippen LogP contribution in [0.15, 0.2) is 18.2 Å². The average molecular weight is 243 g/mol. The Morgan fingerprint density at radius 3 is 2.94 bits per heavy atom. The molecule has 3 fully saturated rings. The molecule has 4 atom stereocenters. The molecule has 0 saturated heterocycles. The summed E-state index contributed by atoms with van der Waals surface area (Å²) in [4.78, 5) is 0.